The molecule has 3 aromatic rings. The van der Waals surface area contributed by atoms with E-state index >= 15 is 0 Å². The molecule has 0 amide bonds. The summed E-state index contributed by atoms with van der Waals surface area (Å²) in [7, 11) is 0. The summed E-state index contributed by atoms with van der Waals surface area (Å²) in [6, 6.07) is 17.9. The van der Waals surface area contributed by atoms with Crippen molar-refractivity contribution in [3.8, 4) is 5.75 Å². The molecule has 1 saturated heterocycles. The highest BCUT2D eigenvalue weighted by molar-refractivity contribution is 9.10. The number of hydrogen-bond acceptors (Lipinski definition) is 4. The van der Waals surface area contributed by atoms with Crippen LogP contribution in [0.15, 0.2) is 59.1 Å². The average molecular weight is 384 g/mol. The molecule has 1 N–H and O–H groups in total. The number of anilines is 2. The van der Waals surface area contributed by atoms with Gasteiger partial charge in [-0.2, -0.15) is 0 Å². The molecule has 1 fully saturated rings. The fourth-order valence-electron chi connectivity index (χ4n) is 3.18. The molecular formula is C19H18BrN3O. The van der Waals surface area contributed by atoms with Crippen molar-refractivity contribution in [2.45, 2.75) is 0 Å². The van der Waals surface area contributed by atoms with Crippen molar-refractivity contribution in [3.63, 3.8) is 0 Å². The van der Waals surface area contributed by atoms with Crippen LogP contribution < -0.4 is 9.80 Å². The van der Waals surface area contributed by atoms with Crippen LogP contribution in [0.5, 0.6) is 5.75 Å². The minimum absolute atomic E-state index is 0.346. The maximum Gasteiger partial charge on any atom is 0.138 e. The maximum absolute atomic E-state index is 10.0. The first kappa shape index (κ1) is 15.3. The Labute approximate surface area is 149 Å². The summed E-state index contributed by atoms with van der Waals surface area (Å²) >= 11 is 3.59. The highest BCUT2D eigenvalue weighted by Crippen LogP contribution is 2.29. The summed E-state index contributed by atoms with van der Waals surface area (Å²) in [5, 5.41) is 11.2. The number of phenolic OH excluding ortho intramolecular Hbond substituents is 1. The molecule has 2 heterocycles. The molecular weight excluding hydrogens is 366 g/mol. The van der Waals surface area contributed by atoms with Gasteiger partial charge in [-0.15, -0.1) is 0 Å². The molecule has 24 heavy (non-hydrogen) atoms. The molecule has 2 aromatic carbocycles. The van der Waals surface area contributed by atoms with Gasteiger partial charge in [0.05, 0.1) is 11.2 Å². The molecule has 4 rings (SSSR count). The Bertz CT molecular complexity index is 875. The first-order chi connectivity index (χ1) is 11.7. The number of nitrogens with zero attached hydrogens (tertiary/aromatic N) is 3. The molecule has 0 radical (unpaired) electrons. The number of aromatic hydroxyl groups is 1. The number of fused-ring (bicyclic) bond motifs is 1. The van der Waals surface area contributed by atoms with E-state index in [0.29, 0.717) is 5.75 Å². The summed E-state index contributed by atoms with van der Waals surface area (Å²) < 4.78 is 1.02. The second-order valence-corrected chi connectivity index (χ2v) is 6.80. The van der Waals surface area contributed by atoms with Gasteiger partial charge in [0.25, 0.3) is 0 Å². The first-order valence-corrected chi connectivity index (χ1v) is 8.85. The lowest BCUT2D eigenvalue weighted by Crippen LogP contribution is -2.46. The van der Waals surface area contributed by atoms with E-state index in [4.69, 9.17) is 4.98 Å². The smallest absolute Gasteiger partial charge is 0.138 e. The Morgan fingerprint density at radius 1 is 0.833 bits per heavy atom. The fourth-order valence-corrected chi connectivity index (χ4v) is 3.65. The lowest BCUT2D eigenvalue weighted by atomic mass is 10.2. The van der Waals surface area contributed by atoms with Crippen molar-refractivity contribution in [3.05, 3.63) is 59.1 Å². The van der Waals surface area contributed by atoms with Gasteiger partial charge in [-0.05, 0) is 46.3 Å². The quantitative estimate of drug-likeness (QED) is 0.724. The van der Waals surface area contributed by atoms with Crippen LogP contribution in [0.4, 0.5) is 11.5 Å². The number of phenols is 1. The number of para-hydroxylation sites is 3. The molecule has 0 bridgehead atoms. The molecule has 4 nitrogen and oxygen atoms in total. The lowest BCUT2D eigenvalue weighted by molar-refractivity contribution is 0.472. The fraction of sp³-hybridized carbons (Fsp3) is 0.211. The van der Waals surface area contributed by atoms with Gasteiger partial charge in [-0.3, -0.25) is 0 Å². The topological polar surface area (TPSA) is 39.6 Å². The Morgan fingerprint density at radius 2 is 1.58 bits per heavy atom. The van der Waals surface area contributed by atoms with E-state index in [1.54, 1.807) is 6.07 Å². The number of piperazine rings is 1. The van der Waals surface area contributed by atoms with Gasteiger partial charge in [0.15, 0.2) is 0 Å². The van der Waals surface area contributed by atoms with Crippen molar-refractivity contribution in [2.24, 2.45) is 0 Å². The Kier molecular flexibility index (Phi) is 4.02. The Balaban J connectivity index is 1.54. The number of hydrogen-bond donors (Lipinski definition) is 1. The molecule has 1 aliphatic rings. The van der Waals surface area contributed by atoms with Gasteiger partial charge in [0.1, 0.15) is 11.6 Å². The van der Waals surface area contributed by atoms with E-state index in [-0.39, 0.29) is 0 Å². The van der Waals surface area contributed by atoms with Crippen molar-refractivity contribution in [1.29, 1.82) is 0 Å². The van der Waals surface area contributed by atoms with Crippen LogP contribution in [0.3, 0.4) is 0 Å². The number of benzene rings is 2. The predicted octanol–water partition coefficient (Wildman–Crippen LogP) is 4.03. The third-order valence-corrected chi connectivity index (χ3v) is 5.12. The second-order valence-electron chi connectivity index (χ2n) is 5.94. The molecule has 1 aliphatic heterocycles. The van der Waals surface area contributed by atoms with Crippen molar-refractivity contribution >= 4 is 38.3 Å². The van der Waals surface area contributed by atoms with E-state index in [2.05, 4.69) is 43.9 Å². The SMILES string of the molecule is Oc1ccccc1N1CCN(c2ccc3cccc(Br)c3n2)CC1. The highest BCUT2D eigenvalue weighted by atomic mass is 79.9. The van der Waals surface area contributed by atoms with Gasteiger partial charge in [-0.1, -0.05) is 24.3 Å². The van der Waals surface area contributed by atoms with Crippen molar-refractivity contribution < 1.29 is 5.11 Å². The minimum atomic E-state index is 0.346. The standard InChI is InChI=1S/C19H18BrN3O/c20-15-5-3-4-14-8-9-18(21-19(14)15)23-12-10-22(11-13-23)16-6-1-2-7-17(16)24/h1-9,24H,10-13H2. The van der Waals surface area contributed by atoms with E-state index < -0.39 is 0 Å². The molecule has 122 valence electrons. The van der Waals surface area contributed by atoms with Gasteiger partial charge in [-0.25, -0.2) is 4.98 Å². The Hall–Kier alpha value is -2.27. The molecule has 0 spiro atoms. The third-order valence-electron chi connectivity index (χ3n) is 4.48. The minimum Gasteiger partial charge on any atom is -0.506 e. The van der Waals surface area contributed by atoms with Crippen molar-refractivity contribution in [1.82, 2.24) is 4.98 Å². The second kappa shape index (κ2) is 6.32. The number of aromatic nitrogens is 1. The summed E-state index contributed by atoms with van der Waals surface area (Å²) in [5.41, 5.74) is 1.91. The lowest BCUT2D eigenvalue weighted by Gasteiger charge is -2.37. The third kappa shape index (κ3) is 2.80. The van der Waals surface area contributed by atoms with E-state index in [1.165, 1.54) is 0 Å². The van der Waals surface area contributed by atoms with Gasteiger partial charge >= 0.3 is 0 Å². The molecule has 5 heteroatoms. The van der Waals surface area contributed by atoms with Gasteiger partial charge in [0, 0.05) is 36.0 Å². The van der Waals surface area contributed by atoms with E-state index in [0.717, 1.165) is 53.1 Å². The normalized spacial score (nSPS) is 15.0. The molecule has 0 aliphatic carbocycles. The van der Waals surface area contributed by atoms with Gasteiger partial charge < -0.3 is 14.9 Å². The van der Waals surface area contributed by atoms with Crippen LogP contribution in [0.1, 0.15) is 0 Å². The summed E-state index contributed by atoms with van der Waals surface area (Å²) in [6.07, 6.45) is 0. The van der Waals surface area contributed by atoms with Crippen LogP contribution in [-0.4, -0.2) is 36.3 Å². The largest absolute Gasteiger partial charge is 0.506 e. The van der Waals surface area contributed by atoms with Crippen LogP contribution in [-0.2, 0) is 0 Å². The maximum atomic E-state index is 10.0. The van der Waals surface area contributed by atoms with Gasteiger partial charge in [0.2, 0.25) is 0 Å². The summed E-state index contributed by atoms with van der Waals surface area (Å²) in [6.45, 7) is 3.51. The molecule has 0 unspecified atom stereocenters. The van der Waals surface area contributed by atoms with Crippen LogP contribution >= 0.6 is 15.9 Å². The van der Waals surface area contributed by atoms with E-state index in [9.17, 15) is 5.11 Å². The zero-order valence-corrected chi connectivity index (χ0v) is 14.8. The summed E-state index contributed by atoms with van der Waals surface area (Å²) in [5.74, 6) is 1.35. The summed E-state index contributed by atoms with van der Waals surface area (Å²) in [4.78, 5) is 9.35. The van der Waals surface area contributed by atoms with E-state index in [1.807, 2.05) is 30.3 Å². The van der Waals surface area contributed by atoms with Crippen molar-refractivity contribution in [2.75, 3.05) is 36.0 Å². The zero-order valence-electron chi connectivity index (χ0n) is 13.2. The predicted molar refractivity (Wildman–Crippen MR) is 102 cm³/mol. The monoisotopic (exact) mass is 383 g/mol. The van der Waals surface area contributed by atoms with Crippen LogP contribution in [0, 0.1) is 0 Å². The molecule has 1 aromatic heterocycles. The molecule has 0 atom stereocenters. The number of pyridine rings is 1. The first-order valence-electron chi connectivity index (χ1n) is 8.05. The van der Waals surface area contributed by atoms with Crippen LogP contribution in [0.2, 0.25) is 0 Å². The van der Waals surface area contributed by atoms with Crippen LogP contribution in [0.25, 0.3) is 10.9 Å². The molecule has 0 saturated carbocycles. The Morgan fingerprint density at radius 3 is 2.38 bits per heavy atom. The number of rotatable bonds is 2. The number of halogens is 1. The zero-order chi connectivity index (χ0) is 16.5. The highest BCUT2D eigenvalue weighted by Gasteiger charge is 2.20. The average Bonchev–Trinajstić information content (AvgIpc) is 2.63.